The van der Waals surface area contributed by atoms with E-state index in [9.17, 15) is 9.18 Å². The number of likely N-dealkylation sites (tertiary alicyclic amines) is 1. The zero-order valence-corrected chi connectivity index (χ0v) is 19.6. The van der Waals surface area contributed by atoms with Crippen molar-refractivity contribution in [3.63, 3.8) is 0 Å². The van der Waals surface area contributed by atoms with Crippen LogP contribution in [0, 0.1) is 18.7 Å². The minimum absolute atomic E-state index is 0.0363. The van der Waals surface area contributed by atoms with Gasteiger partial charge in [0.05, 0.1) is 5.92 Å². The average molecular weight is 446 g/mol. The molecule has 33 heavy (non-hydrogen) atoms. The third-order valence-corrected chi connectivity index (χ3v) is 6.36. The SMILES string of the molecule is Cc1cccc(C2CC(C(=O)Nc3ccc(N(C)C)cc3)CN(Cc3cccc(F)c3)C2)c1. The Morgan fingerprint density at radius 1 is 1.03 bits per heavy atom. The molecule has 1 saturated heterocycles. The van der Waals surface area contributed by atoms with E-state index >= 15 is 0 Å². The van der Waals surface area contributed by atoms with E-state index in [1.54, 1.807) is 12.1 Å². The Hall–Kier alpha value is -3.18. The summed E-state index contributed by atoms with van der Waals surface area (Å²) >= 11 is 0. The van der Waals surface area contributed by atoms with Crippen LogP contribution in [0.1, 0.15) is 29.0 Å². The van der Waals surface area contributed by atoms with E-state index in [-0.39, 0.29) is 23.6 Å². The van der Waals surface area contributed by atoms with E-state index in [0.29, 0.717) is 13.1 Å². The zero-order chi connectivity index (χ0) is 23.4. The lowest BCUT2D eigenvalue weighted by molar-refractivity contribution is -0.121. The van der Waals surface area contributed by atoms with Crippen LogP contribution >= 0.6 is 0 Å². The molecule has 1 heterocycles. The third kappa shape index (κ3) is 5.99. The maximum atomic E-state index is 13.7. The Bertz CT molecular complexity index is 1100. The molecule has 0 aromatic heterocycles. The fourth-order valence-corrected chi connectivity index (χ4v) is 4.66. The summed E-state index contributed by atoms with van der Waals surface area (Å²) in [6.07, 6.45) is 0.796. The summed E-state index contributed by atoms with van der Waals surface area (Å²) in [4.78, 5) is 17.6. The van der Waals surface area contributed by atoms with Crippen LogP contribution in [0.25, 0.3) is 0 Å². The molecule has 0 radical (unpaired) electrons. The number of rotatable bonds is 6. The number of anilines is 2. The van der Waals surface area contributed by atoms with Gasteiger partial charge in [-0.3, -0.25) is 9.69 Å². The second-order valence-corrected chi connectivity index (χ2v) is 9.30. The van der Waals surface area contributed by atoms with Crippen LogP contribution in [0.2, 0.25) is 0 Å². The molecular formula is C28H32FN3O. The molecule has 1 amide bonds. The highest BCUT2D eigenvalue weighted by atomic mass is 19.1. The number of halogens is 1. The van der Waals surface area contributed by atoms with Crippen molar-refractivity contribution in [2.75, 3.05) is 37.4 Å². The van der Waals surface area contributed by atoms with Gasteiger partial charge >= 0.3 is 0 Å². The molecule has 2 atom stereocenters. The first-order valence-corrected chi connectivity index (χ1v) is 11.5. The van der Waals surface area contributed by atoms with Crippen LogP contribution in [0.5, 0.6) is 0 Å². The molecule has 4 nitrogen and oxygen atoms in total. The van der Waals surface area contributed by atoms with Gasteiger partial charge in [0.2, 0.25) is 5.91 Å². The van der Waals surface area contributed by atoms with Crippen LogP contribution in [0.15, 0.2) is 72.8 Å². The van der Waals surface area contributed by atoms with Crippen molar-refractivity contribution >= 4 is 17.3 Å². The fourth-order valence-electron chi connectivity index (χ4n) is 4.66. The first kappa shape index (κ1) is 23.0. The molecule has 4 rings (SSSR count). The maximum absolute atomic E-state index is 13.7. The van der Waals surface area contributed by atoms with Crippen molar-refractivity contribution in [2.24, 2.45) is 5.92 Å². The first-order valence-electron chi connectivity index (χ1n) is 11.5. The quantitative estimate of drug-likeness (QED) is 0.548. The van der Waals surface area contributed by atoms with E-state index in [1.807, 2.05) is 49.3 Å². The highest BCUT2D eigenvalue weighted by Crippen LogP contribution is 2.32. The van der Waals surface area contributed by atoms with Crippen molar-refractivity contribution in [2.45, 2.75) is 25.8 Å². The van der Waals surface area contributed by atoms with E-state index < -0.39 is 0 Å². The zero-order valence-electron chi connectivity index (χ0n) is 19.6. The Labute approximate surface area is 196 Å². The van der Waals surface area contributed by atoms with Gasteiger partial charge in [0.15, 0.2) is 0 Å². The lowest BCUT2D eigenvalue weighted by atomic mass is 9.83. The Balaban J connectivity index is 1.52. The Morgan fingerprint density at radius 3 is 2.48 bits per heavy atom. The highest BCUT2D eigenvalue weighted by Gasteiger charge is 2.32. The van der Waals surface area contributed by atoms with Gasteiger partial charge in [0.25, 0.3) is 0 Å². The van der Waals surface area contributed by atoms with E-state index in [2.05, 4.69) is 41.4 Å². The molecule has 3 aromatic rings. The van der Waals surface area contributed by atoms with Crippen LogP contribution in [0.3, 0.4) is 0 Å². The molecule has 5 heteroatoms. The minimum atomic E-state index is -0.227. The summed E-state index contributed by atoms with van der Waals surface area (Å²) in [5, 5.41) is 3.11. The summed E-state index contributed by atoms with van der Waals surface area (Å²) in [6, 6.07) is 23.2. The smallest absolute Gasteiger partial charge is 0.228 e. The number of carbonyl (C=O) groups excluding carboxylic acids is 1. The fraction of sp³-hybridized carbons (Fsp3) is 0.321. The van der Waals surface area contributed by atoms with Gasteiger partial charge in [-0.15, -0.1) is 0 Å². The van der Waals surface area contributed by atoms with Crippen LogP contribution < -0.4 is 10.2 Å². The molecule has 172 valence electrons. The molecule has 2 unspecified atom stereocenters. The summed E-state index contributed by atoms with van der Waals surface area (Å²) in [6.45, 7) is 4.22. The maximum Gasteiger partial charge on any atom is 0.228 e. The lowest BCUT2D eigenvalue weighted by Crippen LogP contribution is -2.43. The summed E-state index contributed by atoms with van der Waals surface area (Å²) in [5.74, 6) is -0.0881. The lowest BCUT2D eigenvalue weighted by Gasteiger charge is -2.37. The van der Waals surface area contributed by atoms with Crippen molar-refractivity contribution < 1.29 is 9.18 Å². The third-order valence-electron chi connectivity index (χ3n) is 6.36. The standard InChI is InChI=1S/C28H32FN3O/c1-20-6-4-8-22(14-20)23-16-24(19-32(18-23)17-21-7-5-9-25(29)15-21)28(33)30-26-10-12-27(13-11-26)31(2)3/h4-15,23-24H,16-19H2,1-3H3,(H,30,33). The molecular weight excluding hydrogens is 413 g/mol. The molecule has 1 N–H and O–H groups in total. The predicted octanol–water partition coefficient (Wildman–Crippen LogP) is 5.44. The van der Waals surface area contributed by atoms with Crippen molar-refractivity contribution in [3.8, 4) is 0 Å². The van der Waals surface area contributed by atoms with Crippen molar-refractivity contribution in [1.82, 2.24) is 4.90 Å². The number of amides is 1. The molecule has 1 aliphatic rings. The molecule has 1 aliphatic heterocycles. The van der Waals surface area contributed by atoms with Gasteiger partial charge < -0.3 is 10.2 Å². The van der Waals surface area contributed by atoms with Crippen LogP contribution in [-0.4, -0.2) is 38.0 Å². The number of nitrogens with one attached hydrogen (secondary N) is 1. The number of nitrogens with zero attached hydrogens (tertiary/aromatic N) is 2. The number of benzene rings is 3. The average Bonchev–Trinajstić information content (AvgIpc) is 2.79. The Morgan fingerprint density at radius 2 is 1.79 bits per heavy atom. The number of hydrogen-bond donors (Lipinski definition) is 1. The van der Waals surface area contributed by atoms with E-state index in [0.717, 1.165) is 29.9 Å². The van der Waals surface area contributed by atoms with Crippen LogP contribution in [-0.2, 0) is 11.3 Å². The number of aryl methyl sites for hydroxylation is 1. The van der Waals surface area contributed by atoms with Gasteiger partial charge in [0.1, 0.15) is 5.82 Å². The molecule has 0 bridgehead atoms. The van der Waals surface area contributed by atoms with Crippen molar-refractivity contribution in [3.05, 3.63) is 95.3 Å². The highest BCUT2D eigenvalue weighted by molar-refractivity contribution is 5.93. The minimum Gasteiger partial charge on any atom is -0.378 e. The van der Waals surface area contributed by atoms with E-state index in [4.69, 9.17) is 0 Å². The summed E-state index contributed by atoms with van der Waals surface area (Å²) < 4.78 is 13.7. The molecule has 0 aliphatic carbocycles. The summed E-state index contributed by atoms with van der Waals surface area (Å²) in [5.41, 5.74) is 5.30. The molecule has 1 fully saturated rings. The Kier molecular flexibility index (Phi) is 7.09. The molecule has 0 saturated carbocycles. The van der Waals surface area contributed by atoms with Gasteiger partial charge in [-0.2, -0.15) is 0 Å². The van der Waals surface area contributed by atoms with E-state index in [1.165, 1.54) is 17.2 Å². The second-order valence-electron chi connectivity index (χ2n) is 9.30. The second kappa shape index (κ2) is 10.2. The predicted molar refractivity (Wildman–Crippen MR) is 133 cm³/mol. The largest absolute Gasteiger partial charge is 0.378 e. The van der Waals surface area contributed by atoms with Gasteiger partial charge in [-0.05, 0) is 66.8 Å². The number of carbonyl (C=O) groups is 1. The molecule has 3 aromatic carbocycles. The normalized spacial score (nSPS) is 18.7. The summed E-state index contributed by atoms with van der Waals surface area (Å²) in [7, 11) is 3.99. The van der Waals surface area contributed by atoms with Gasteiger partial charge in [0, 0.05) is 45.1 Å². The van der Waals surface area contributed by atoms with Gasteiger partial charge in [-0.25, -0.2) is 4.39 Å². The number of piperidine rings is 1. The topological polar surface area (TPSA) is 35.6 Å². The number of hydrogen-bond acceptors (Lipinski definition) is 3. The van der Waals surface area contributed by atoms with Crippen LogP contribution in [0.4, 0.5) is 15.8 Å². The molecule has 0 spiro atoms. The van der Waals surface area contributed by atoms with Gasteiger partial charge in [-0.1, -0.05) is 42.0 Å². The monoisotopic (exact) mass is 445 g/mol. The van der Waals surface area contributed by atoms with Crippen molar-refractivity contribution in [1.29, 1.82) is 0 Å². The first-order chi connectivity index (χ1) is 15.9.